The minimum absolute atomic E-state index is 0.0172. The summed E-state index contributed by atoms with van der Waals surface area (Å²) in [5.41, 5.74) is 6.10. The van der Waals surface area contributed by atoms with Crippen molar-refractivity contribution in [1.82, 2.24) is 20.1 Å². The van der Waals surface area contributed by atoms with Gasteiger partial charge in [-0.2, -0.15) is 4.98 Å². The molecular formula is C17H16N6O3. The molecule has 9 nitrogen and oxygen atoms in total. The zero-order valence-electron chi connectivity index (χ0n) is 13.8. The Morgan fingerprint density at radius 3 is 2.85 bits per heavy atom. The number of primary amides is 1. The Morgan fingerprint density at radius 2 is 2.04 bits per heavy atom. The van der Waals surface area contributed by atoms with Gasteiger partial charge in [-0.1, -0.05) is 23.4 Å². The molecule has 0 saturated carbocycles. The molecule has 0 radical (unpaired) electrons. The Balaban J connectivity index is 1.53. The summed E-state index contributed by atoms with van der Waals surface area (Å²) >= 11 is 0. The lowest BCUT2D eigenvalue weighted by atomic mass is 10.2. The van der Waals surface area contributed by atoms with Gasteiger partial charge < -0.3 is 19.9 Å². The van der Waals surface area contributed by atoms with E-state index in [2.05, 4.69) is 20.1 Å². The number of carbonyl (C=O) groups excluding carboxylic acids is 1. The predicted molar refractivity (Wildman–Crippen MR) is 91.2 cm³/mol. The van der Waals surface area contributed by atoms with Gasteiger partial charge in [0.25, 0.3) is 11.8 Å². The number of carbonyl (C=O) groups is 1. The van der Waals surface area contributed by atoms with Gasteiger partial charge in [0.05, 0.1) is 13.2 Å². The molecule has 0 bridgehead atoms. The molecule has 1 aliphatic rings. The highest BCUT2D eigenvalue weighted by Gasteiger charge is 2.27. The molecule has 1 fully saturated rings. The Labute approximate surface area is 148 Å². The van der Waals surface area contributed by atoms with E-state index in [1.54, 1.807) is 6.07 Å². The third kappa shape index (κ3) is 3.24. The molecule has 1 unspecified atom stereocenters. The Bertz CT molecular complexity index is 914. The average Bonchev–Trinajstić information content (AvgIpc) is 3.19. The van der Waals surface area contributed by atoms with E-state index < -0.39 is 5.91 Å². The van der Waals surface area contributed by atoms with Crippen molar-refractivity contribution in [3.63, 3.8) is 0 Å². The van der Waals surface area contributed by atoms with Gasteiger partial charge in [0.1, 0.15) is 11.9 Å². The largest absolute Gasteiger partial charge is 0.366 e. The van der Waals surface area contributed by atoms with Crippen molar-refractivity contribution < 1.29 is 14.1 Å². The van der Waals surface area contributed by atoms with Crippen LogP contribution in [0.2, 0.25) is 0 Å². The van der Waals surface area contributed by atoms with Crippen molar-refractivity contribution >= 4 is 11.7 Å². The topological polar surface area (TPSA) is 120 Å². The van der Waals surface area contributed by atoms with Gasteiger partial charge in [0.15, 0.2) is 0 Å². The molecule has 132 valence electrons. The van der Waals surface area contributed by atoms with Crippen molar-refractivity contribution in [2.45, 2.75) is 6.10 Å². The van der Waals surface area contributed by atoms with Crippen molar-refractivity contribution in [3.05, 3.63) is 54.2 Å². The quantitative estimate of drug-likeness (QED) is 0.744. The number of amides is 1. The Kier molecular flexibility index (Phi) is 4.28. The summed E-state index contributed by atoms with van der Waals surface area (Å²) in [5, 5.41) is 4.05. The van der Waals surface area contributed by atoms with Gasteiger partial charge in [-0.15, -0.1) is 0 Å². The third-order valence-electron chi connectivity index (χ3n) is 4.00. The maximum atomic E-state index is 11.3. The number of hydrogen-bond acceptors (Lipinski definition) is 8. The fraction of sp³-hybridized carbons (Fsp3) is 0.235. The van der Waals surface area contributed by atoms with Crippen LogP contribution in [0.25, 0.3) is 11.5 Å². The van der Waals surface area contributed by atoms with E-state index in [1.165, 1.54) is 6.20 Å². The van der Waals surface area contributed by atoms with E-state index in [0.29, 0.717) is 37.2 Å². The second-order valence-electron chi connectivity index (χ2n) is 5.73. The summed E-state index contributed by atoms with van der Waals surface area (Å²) in [4.78, 5) is 25.8. The van der Waals surface area contributed by atoms with Crippen molar-refractivity contribution in [2.24, 2.45) is 5.73 Å². The van der Waals surface area contributed by atoms with E-state index in [0.717, 1.165) is 5.56 Å². The van der Waals surface area contributed by atoms with Crippen molar-refractivity contribution in [2.75, 3.05) is 24.6 Å². The van der Waals surface area contributed by atoms with Gasteiger partial charge in [-0.3, -0.25) is 4.79 Å². The minimum Gasteiger partial charge on any atom is -0.366 e. The Morgan fingerprint density at radius 1 is 1.19 bits per heavy atom. The van der Waals surface area contributed by atoms with E-state index in [-0.39, 0.29) is 11.9 Å². The lowest BCUT2D eigenvalue weighted by Crippen LogP contribution is -2.39. The summed E-state index contributed by atoms with van der Waals surface area (Å²) in [6.45, 7) is 1.56. The van der Waals surface area contributed by atoms with Crippen LogP contribution in [0.4, 0.5) is 5.82 Å². The average molecular weight is 352 g/mol. The van der Waals surface area contributed by atoms with Gasteiger partial charge in [-0.05, 0) is 18.2 Å². The number of aromatic nitrogens is 4. The molecule has 0 spiro atoms. The van der Waals surface area contributed by atoms with Gasteiger partial charge in [0, 0.05) is 18.3 Å². The van der Waals surface area contributed by atoms with Crippen LogP contribution in [0.5, 0.6) is 0 Å². The molecule has 9 heteroatoms. The molecule has 1 saturated heterocycles. The number of nitrogens with zero attached hydrogens (tertiary/aromatic N) is 5. The molecule has 2 N–H and O–H groups in total. The van der Waals surface area contributed by atoms with Crippen LogP contribution in [0, 0.1) is 0 Å². The highest BCUT2D eigenvalue weighted by molar-refractivity contribution is 5.89. The van der Waals surface area contributed by atoms with E-state index >= 15 is 0 Å². The predicted octanol–water partition coefficient (Wildman–Crippen LogP) is 1.20. The maximum absolute atomic E-state index is 11.3. The molecule has 4 rings (SSSR count). The SMILES string of the molecule is NC(=O)c1nccc(N2CCOC(c3noc(-c4ccccc4)n3)C2)n1. The van der Waals surface area contributed by atoms with Crippen LogP contribution in [0.3, 0.4) is 0 Å². The standard InChI is InChI=1S/C17H16N6O3/c18-14(24)16-19-7-6-13(20-16)23-8-9-25-12(10-23)15-21-17(26-22-15)11-4-2-1-3-5-11/h1-7,12H,8-10H2,(H2,18,24). The first-order valence-electron chi connectivity index (χ1n) is 8.09. The number of benzene rings is 1. The summed E-state index contributed by atoms with van der Waals surface area (Å²) in [6.07, 6.45) is 1.14. The van der Waals surface area contributed by atoms with Crippen LogP contribution in [0.1, 0.15) is 22.5 Å². The first-order valence-corrected chi connectivity index (χ1v) is 8.09. The number of nitrogens with two attached hydrogens (primary N) is 1. The zero-order chi connectivity index (χ0) is 17.9. The molecule has 1 aromatic carbocycles. The van der Waals surface area contributed by atoms with E-state index in [9.17, 15) is 4.79 Å². The van der Waals surface area contributed by atoms with E-state index in [4.69, 9.17) is 15.0 Å². The molecule has 1 amide bonds. The highest BCUT2D eigenvalue weighted by atomic mass is 16.5. The molecule has 0 aliphatic carbocycles. The molecule has 3 aromatic rings. The van der Waals surface area contributed by atoms with Crippen LogP contribution in [-0.4, -0.2) is 45.7 Å². The third-order valence-corrected chi connectivity index (χ3v) is 4.00. The molecule has 1 atom stereocenters. The van der Waals surface area contributed by atoms with Gasteiger partial charge in [-0.25, -0.2) is 9.97 Å². The lowest BCUT2D eigenvalue weighted by Gasteiger charge is -2.32. The zero-order valence-corrected chi connectivity index (χ0v) is 13.8. The second-order valence-corrected chi connectivity index (χ2v) is 5.73. The van der Waals surface area contributed by atoms with Crippen LogP contribution < -0.4 is 10.6 Å². The monoisotopic (exact) mass is 352 g/mol. The molecule has 1 aliphatic heterocycles. The normalized spacial score (nSPS) is 17.2. The van der Waals surface area contributed by atoms with Gasteiger partial charge >= 0.3 is 0 Å². The molecule has 26 heavy (non-hydrogen) atoms. The fourth-order valence-corrected chi connectivity index (χ4v) is 2.72. The molecule has 3 heterocycles. The number of rotatable bonds is 4. The lowest BCUT2D eigenvalue weighted by molar-refractivity contribution is 0.0323. The highest BCUT2D eigenvalue weighted by Crippen LogP contribution is 2.25. The van der Waals surface area contributed by atoms with Crippen molar-refractivity contribution in [3.8, 4) is 11.5 Å². The first kappa shape index (κ1) is 16.2. The maximum Gasteiger partial charge on any atom is 0.286 e. The summed E-state index contributed by atoms with van der Waals surface area (Å²) < 4.78 is 11.1. The van der Waals surface area contributed by atoms with E-state index in [1.807, 2.05) is 35.2 Å². The Hall–Kier alpha value is -3.33. The number of anilines is 1. The summed E-state index contributed by atoms with van der Waals surface area (Å²) in [6, 6.07) is 11.3. The van der Waals surface area contributed by atoms with Gasteiger partial charge in [0.2, 0.25) is 11.6 Å². The van der Waals surface area contributed by atoms with Crippen LogP contribution >= 0.6 is 0 Å². The first-order chi connectivity index (χ1) is 12.7. The molecular weight excluding hydrogens is 336 g/mol. The second kappa shape index (κ2) is 6.89. The number of morpholine rings is 1. The smallest absolute Gasteiger partial charge is 0.286 e. The van der Waals surface area contributed by atoms with Crippen molar-refractivity contribution in [1.29, 1.82) is 0 Å². The fourth-order valence-electron chi connectivity index (χ4n) is 2.72. The number of hydrogen-bond donors (Lipinski definition) is 1. The molecule has 2 aromatic heterocycles. The minimum atomic E-state index is -0.665. The summed E-state index contributed by atoms with van der Waals surface area (Å²) in [7, 11) is 0. The van der Waals surface area contributed by atoms with Crippen LogP contribution in [0.15, 0.2) is 47.1 Å². The summed E-state index contributed by atoms with van der Waals surface area (Å²) in [5.74, 6) is 0.838. The van der Waals surface area contributed by atoms with Crippen LogP contribution in [-0.2, 0) is 4.74 Å². The number of ether oxygens (including phenoxy) is 1.